The number of carbonyl (C=O) groups is 1. The molecule has 2 unspecified atom stereocenters. The number of nitrogens with one attached hydrogen (secondary N) is 1. The minimum atomic E-state index is -0.657. The summed E-state index contributed by atoms with van der Waals surface area (Å²) in [6, 6.07) is 0.787. The Morgan fingerprint density at radius 3 is 2.60 bits per heavy atom. The number of aliphatic carboxylic acids is 1. The van der Waals surface area contributed by atoms with Crippen molar-refractivity contribution in [2.75, 3.05) is 19.6 Å². The zero-order chi connectivity index (χ0) is 14.6. The molecule has 2 saturated carbocycles. The minimum Gasteiger partial charge on any atom is -0.480 e. The third kappa shape index (κ3) is 3.34. The number of nitrogens with zero attached hydrogens (tertiary/aromatic N) is 1. The Labute approximate surface area is 122 Å². The summed E-state index contributed by atoms with van der Waals surface area (Å²) in [7, 11) is 0. The molecule has 2 aliphatic carbocycles. The van der Waals surface area contributed by atoms with E-state index in [1.54, 1.807) is 0 Å². The van der Waals surface area contributed by atoms with Gasteiger partial charge in [-0.15, -0.1) is 0 Å². The average molecular weight is 282 g/mol. The maximum absolute atomic E-state index is 11.8. The quantitative estimate of drug-likeness (QED) is 0.682. The second-order valence-corrected chi connectivity index (χ2v) is 6.45. The molecule has 4 heteroatoms. The highest BCUT2D eigenvalue weighted by Gasteiger charge is 2.48. The average Bonchev–Trinajstić information content (AvgIpc) is 3.17. The lowest BCUT2D eigenvalue weighted by atomic mass is 9.84. The molecule has 2 fully saturated rings. The molecule has 2 aliphatic rings. The van der Waals surface area contributed by atoms with Gasteiger partial charge in [0, 0.05) is 6.04 Å². The first-order valence-corrected chi connectivity index (χ1v) is 8.36. The van der Waals surface area contributed by atoms with Crippen LogP contribution in [0.5, 0.6) is 0 Å². The van der Waals surface area contributed by atoms with Gasteiger partial charge < -0.3 is 15.3 Å². The van der Waals surface area contributed by atoms with Crippen LogP contribution in [0.1, 0.15) is 58.8 Å². The minimum absolute atomic E-state index is 0.290. The maximum atomic E-state index is 11.8. The second-order valence-electron chi connectivity index (χ2n) is 6.45. The summed E-state index contributed by atoms with van der Waals surface area (Å²) in [4.78, 5) is 14.3. The van der Waals surface area contributed by atoms with Crippen molar-refractivity contribution >= 4 is 5.97 Å². The van der Waals surface area contributed by atoms with Crippen LogP contribution in [0.25, 0.3) is 0 Å². The number of rotatable bonds is 9. The highest BCUT2D eigenvalue weighted by molar-refractivity contribution is 5.79. The van der Waals surface area contributed by atoms with Crippen LogP contribution < -0.4 is 5.32 Å². The molecular formula is C16H30N2O2. The van der Waals surface area contributed by atoms with Crippen molar-refractivity contribution in [3.63, 3.8) is 0 Å². The number of hydrogen-bond acceptors (Lipinski definition) is 3. The first kappa shape index (κ1) is 15.8. The molecule has 0 saturated heterocycles. The lowest BCUT2D eigenvalue weighted by Gasteiger charge is -2.33. The summed E-state index contributed by atoms with van der Waals surface area (Å²) in [5, 5.41) is 13.0. The van der Waals surface area contributed by atoms with Crippen molar-refractivity contribution in [3.05, 3.63) is 0 Å². The van der Waals surface area contributed by atoms with E-state index in [1.165, 1.54) is 25.8 Å². The van der Waals surface area contributed by atoms with Crippen molar-refractivity contribution in [1.29, 1.82) is 0 Å². The van der Waals surface area contributed by atoms with Crippen LogP contribution in [0.4, 0.5) is 0 Å². The van der Waals surface area contributed by atoms with E-state index < -0.39 is 11.5 Å². The first-order valence-electron chi connectivity index (χ1n) is 8.36. The zero-order valence-electron chi connectivity index (χ0n) is 13.0. The van der Waals surface area contributed by atoms with Gasteiger partial charge in [0.1, 0.15) is 5.54 Å². The Hall–Kier alpha value is -0.610. The van der Waals surface area contributed by atoms with Crippen molar-refractivity contribution < 1.29 is 9.90 Å². The molecule has 0 bridgehead atoms. The molecule has 0 aromatic carbocycles. The van der Waals surface area contributed by atoms with Crippen molar-refractivity contribution in [1.82, 2.24) is 10.2 Å². The van der Waals surface area contributed by atoms with E-state index in [0.717, 1.165) is 44.8 Å². The summed E-state index contributed by atoms with van der Waals surface area (Å²) in [6.45, 7) is 7.21. The molecule has 116 valence electrons. The van der Waals surface area contributed by atoms with E-state index in [-0.39, 0.29) is 5.92 Å². The summed E-state index contributed by atoms with van der Waals surface area (Å²) < 4.78 is 0. The van der Waals surface area contributed by atoms with E-state index in [9.17, 15) is 9.90 Å². The lowest BCUT2D eigenvalue weighted by molar-refractivity contribution is -0.146. The topological polar surface area (TPSA) is 52.6 Å². The van der Waals surface area contributed by atoms with Crippen LogP contribution >= 0.6 is 0 Å². The molecule has 2 N–H and O–H groups in total. The van der Waals surface area contributed by atoms with Crippen LogP contribution in [0.15, 0.2) is 0 Å². The molecule has 0 heterocycles. The summed E-state index contributed by atoms with van der Waals surface area (Å²) in [5.41, 5.74) is -0.657. The lowest BCUT2D eigenvalue weighted by Crippen LogP contribution is -2.55. The Morgan fingerprint density at radius 2 is 2.05 bits per heavy atom. The summed E-state index contributed by atoms with van der Waals surface area (Å²) in [5.74, 6) is -0.353. The second kappa shape index (κ2) is 6.90. The van der Waals surface area contributed by atoms with Gasteiger partial charge in [-0.05, 0) is 64.1 Å². The van der Waals surface area contributed by atoms with Crippen molar-refractivity contribution in [2.24, 2.45) is 5.92 Å². The van der Waals surface area contributed by atoms with Crippen LogP contribution in [-0.2, 0) is 4.79 Å². The molecule has 0 spiro atoms. The Balaban J connectivity index is 1.94. The molecule has 0 amide bonds. The monoisotopic (exact) mass is 282 g/mol. The van der Waals surface area contributed by atoms with Crippen LogP contribution in [0.3, 0.4) is 0 Å². The molecular weight excluding hydrogens is 252 g/mol. The van der Waals surface area contributed by atoms with E-state index in [4.69, 9.17) is 0 Å². The first-order chi connectivity index (χ1) is 9.64. The smallest absolute Gasteiger partial charge is 0.324 e. The maximum Gasteiger partial charge on any atom is 0.324 e. The van der Waals surface area contributed by atoms with E-state index in [1.807, 2.05) is 6.92 Å². The molecule has 2 rings (SSSR count). The number of carboxylic acid groups (broad SMARTS) is 1. The van der Waals surface area contributed by atoms with Gasteiger partial charge in [0.2, 0.25) is 0 Å². The van der Waals surface area contributed by atoms with Crippen LogP contribution in [-0.4, -0.2) is 47.2 Å². The number of likely N-dealkylation sites (N-methyl/N-ethyl adjacent to an activating group) is 1. The highest BCUT2D eigenvalue weighted by Crippen LogP contribution is 2.39. The molecule has 0 aromatic rings. The fourth-order valence-electron chi connectivity index (χ4n) is 3.90. The SMILES string of the molecule is CCCN(CCC1CCCC1(NCC)C(=O)O)C1CC1. The van der Waals surface area contributed by atoms with Gasteiger partial charge in [-0.3, -0.25) is 4.79 Å². The molecule has 0 radical (unpaired) electrons. The predicted molar refractivity (Wildman–Crippen MR) is 80.9 cm³/mol. The van der Waals surface area contributed by atoms with Gasteiger partial charge in [-0.25, -0.2) is 0 Å². The molecule has 4 nitrogen and oxygen atoms in total. The van der Waals surface area contributed by atoms with Gasteiger partial charge in [0.25, 0.3) is 0 Å². The number of carboxylic acids is 1. The zero-order valence-corrected chi connectivity index (χ0v) is 13.0. The van der Waals surface area contributed by atoms with Gasteiger partial charge in [0.15, 0.2) is 0 Å². The molecule has 0 aromatic heterocycles. The third-order valence-electron chi connectivity index (χ3n) is 5.03. The van der Waals surface area contributed by atoms with Crippen LogP contribution in [0, 0.1) is 5.92 Å². The van der Waals surface area contributed by atoms with Crippen molar-refractivity contribution in [2.45, 2.75) is 70.4 Å². The highest BCUT2D eigenvalue weighted by atomic mass is 16.4. The molecule has 2 atom stereocenters. The van der Waals surface area contributed by atoms with Gasteiger partial charge in [-0.2, -0.15) is 0 Å². The Bertz CT molecular complexity index is 330. The number of hydrogen-bond donors (Lipinski definition) is 2. The van der Waals surface area contributed by atoms with Crippen molar-refractivity contribution in [3.8, 4) is 0 Å². The van der Waals surface area contributed by atoms with Crippen LogP contribution in [0.2, 0.25) is 0 Å². The van der Waals surface area contributed by atoms with Gasteiger partial charge in [-0.1, -0.05) is 20.3 Å². The molecule has 0 aliphatic heterocycles. The normalized spacial score (nSPS) is 30.1. The fourth-order valence-corrected chi connectivity index (χ4v) is 3.90. The predicted octanol–water partition coefficient (Wildman–Crippen LogP) is 2.48. The fraction of sp³-hybridized carbons (Fsp3) is 0.938. The van der Waals surface area contributed by atoms with E-state index in [0.29, 0.717) is 0 Å². The Kier molecular flexibility index (Phi) is 5.44. The van der Waals surface area contributed by atoms with E-state index >= 15 is 0 Å². The van der Waals surface area contributed by atoms with Gasteiger partial charge in [0.05, 0.1) is 0 Å². The van der Waals surface area contributed by atoms with E-state index in [2.05, 4.69) is 17.1 Å². The standard InChI is InChI=1S/C16H30N2O2/c1-3-11-18(14-7-8-14)12-9-13-6-5-10-16(13,15(19)20)17-4-2/h13-14,17H,3-12H2,1-2H3,(H,19,20). The van der Waals surface area contributed by atoms with Gasteiger partial charge >= 0.3 is 5.97 Å². The summed E-state index contributed by atoms with van der Waals surface area (Å²) in [6.07, 6.45) is 7.78. The Morgan fingerprint density at radius 1 is 1.30 bits per heavy atom. The third-order valence-corrected chi connectivity index (χ3v) is 5.03. The molecule has 20 heavy (non-hydrogen) atoms. The summed E-state index contributed by atoms with van der Waals surface area (Å²) >= 11 is 0. The largest absolute Gasteiger partial charge is 0.480 e.